The van der Waals surface area contributed by atoms with E-state index in [2.05, 4.69) is 0 Å². The van der Waals surface area contributed by atoms with Gasteiger partial charge in [-0.25, -0.2) is 0 Å². The summed E-state index contributed by atoms with van der Waals surface area (Å²) in [6.07, 6.45) is 0. The molecule has 3 aromatic carbocycles. The summed E-state index contributed by atoms with van der Waals surface area (Å²) in [6.45, 7) is 8.84. The SMILES string of the molecule is COC(=O)C(C)(C)[C@@H](c1ccccc1OC)N(C(=O)[C@@H](N1C(=O)c2ccccc2C1=O)C(C)(C)C)c1ccccc1. The normalized spacial score (nSPS) is 14.8. The minimum absolute atomic E-state index is 0.252. The Hall–Kier alpha value is -4.46. The Bertz CT molecular complexity index is 1440. The van der Waals surface area contributed by atoms with Crippen LogP contribution < -0.4 is 9.64 Å². The van der Waals surface area contributed by atoms with Crippen LogP contribution in [0.4, 0.5) is 5.69 Å². The van der Waals surface area contributed by atoms with E-state index in [0.29, 0.717) is 17.0 Å². The molecule has 0 aliphatic carbocycles. The molecule has 0 fully saturated rings. The number of anilines is 1. The molecule has 8 heteroatoms. The standard InChI is InChI=1S/C33H36N2O6/c1-32(2,3)27(35-28(36)22-17-11-12-18-23(22)29(35)37)30(38)34(21-15-9-8-10-16-21)26(33(4,5)31(39)41-7)24-19-13-14-20-25(24)40-6/h8-20,26-27H,1-7H3/t26-,27-/m1/s1. The molecule has 1 heterocycles. The minimum atomic E-state index is -1.29. The highest BCUT2D eigenvalue weighted by molar-refractivity contribution is 6.23. The van der Waals surface area contributed by atoms with Gasteiger partial charge in [0.1, 0.15) is 11.8 Å². The highest BCUT2D eigenvalue weighted by Crippen LogP contribution is 2.46. The van der Waals surface area contributed by atoms with Crippen molar-refractivity contribution in [1.82, 2.24) is 4.90 Å². The zero-order valence-electron chi connectivity index (χ0n) is 24.5. The number of nitrogens with zero attached hydrogens (tertiary/aromatic N) is 2. The van der Waals surface area contributed by atoms with E-state index in [-0.39, 0.29) is 11.1 Å². The lowest BCUT2D eigenvalue weighted by molar-refractivity contribution is -0.152. The maximum absolute atomic E-state index is 15.1. The third-order valence-electron chi connectivity index (χ3n) is 7.50. The highest BCUT2D eigenvalue weighted by Gasteiger charge is 2.53. The van der Waals surface area contributed by atoms with Crippen LogP contribution in [0.3, 0.4) is 0 Å². The lowest BCUT2D eigenvalue weighted by atomic mass is 9.77. The summed E-state index contributed by atoms with van der Waals surface area (Å²) in [5, 5.41) is 0. The van der Waals surface area contributed by atoms with E-state index >= 15 is 4.79 Å². The van der Waals surface area contributed by atoms with Crippen LogP contribution in [0.1, 0.15) is 66.9 Å². The van der Waals surface area contributed by atoms with E-state index in [4.69, 9.17) is 9.47 Å². The lowest BCUT2D eigenvalue weighted by Gasteiger charge is -2.45. The van der Waals surface area contributed by atoms with Gasteiger partial charge in [0.15, 0.2) is 0 Å². The van der Waals surface area contributed by atoms with E-state index in [9.17, 15) is 14.4 Å². The molecule has 0 N–H and O–H groups in total. The monoisotopic (exact) mass is 556 g/mol. The molecule has 41 heavy (non-hydrogen) atoms. The number of rotatable bonds is 8. The second-order valence-corrected chi connectivity index (χ2v) is 11.7. The quantitative estimate of drug-likeness (QED) is 0.262. The van der Waals surface area contributed by atoms with Gasteiger partial charge >= 0.3 is 5.97 Å². The molecule has 0 unspecified atom stereocenters. The largest absolute Gasteiger partial charge is 0.496 e. The molecule has 1 aliphatic rings. The van der Waals surface area contributed by atoms with Crippen LogP contribution >= 0.6 is 0 Å². The Kier molecular flexibility index (Phi) is 8.06. The second-order valence-electron chi connectivity index (χ2n) is 11.7. The molecule has 0 bridgehead atoms. The van der Waals surface area contributed by atoms with Crippen molar-refractivity contribution in [2.75, 3.05) is 19.1 Å². The number of methoxy groups -OCH3 is 2. The maximum Gasteiger partial charge on any atom is 0.313 e. The number of carbonyl (C=O) groups excluding carboxylic acids is 4. The van der Waals surface area contributed by atoms with Gasteiger partial charge in [-0.15, -0.1) is 0 Å². The van der Waals surface area contributed by atoms with Crippen LogP contribution in [-0.4, -0.2) is 48.9 Å². The van der Waals surface area contributed by atoms with Crippen LogP contribution in [0.5, 0.6) is 5.75 Å². The molecule has 214 valence electrons. The molecule has 0 saturated carbocycles. The average Bonchev–Trinajstić information content (AvgIpc) is 3.20. The number of para-hydroxylation sites is 2. The first kappa shape index (κ1) is 29.5. The number of fused-ring (bicyclic) bond motifs is 1. The molecule has 1 aliphatic heterocycles. The number of amides is 3. The number of hydrogen-bond donors (Lipinski definition) is 0. The number of carbonyl (C=O) groups is 4. The van der Waals surface area contributed by atoms with Crippen molar-refractivity contribution in [3.8, 4) is 5.75 Å². The van der Waals surface area contributed by atoms with Gasteiger partial charge in [0.05, 0.1) is 36.8 Å². The molecule has 0 spiro atoms. The van der Waals surface area contributed by atoms with Crippen molar-refractivity contribution in [2.24, 2.45) is 10.8 Å². The highest BCUT2D eigenvalue weighted by atomic mass is 16.5. The zero-order chi connectivity index (χ0) is 30.1. The molecule has 2 atom stereocenters. The van der Waals surface area contributed by atoms with Gasteiger partial charge in [-0.05, 0) is 49.6 Å². The predicted octanol–water partition coefficient (Wildman–Crippen LogP) is 5.68. The van der Waals surface area contributed by atoms with Crippen LogP contribution in [0.25, 0.3) is 0 Å². The lowest BCUT2D eigenvalue weighted by Crippen LogP contribution is -2.59. The summed E-state index contributed by atoms with van der Waals surface area (Å²) in [4.78, 5) is 58.4. The average molecular weight is 557 g/mol. The first-order valence-corrected chi connectivity index (χ1v) is 13.4. The van der Waals surface area contributed by atoms with Gasteiger partial charge in [-0.2, -0.15) is 0 Å². The summed E-state index contributed by atoms with van der Waals surface area (Å²) in [6, 6.07) is 20.5. The summed E-state index contributed by atoms with van der Waals surface area (Å²) >= 11 is 0. The molecule has 0 radical (unpaired) electrons. The van der Waals surface area contributed by atoms with Gasteiger partial charge in [-0.3, -0.25) is 24.1 Å². The smallest absolute Gasteiger partial charge is 0.313 e. The Morgan fingerprint density at radius 1 is 0.756 bits per heavy atom. The minimum Gasteiger partial charge on any atom is -0.496 e. The molecule has 8 nitrogen and oxygen atoms in total. The molecular formula is C33H36N2O6. The Balaban J connectivity index is 1.99. The number of ether oxygens (including phenoxy) is 2. The third kappa shape index (κ3) is 5.22. The van der Waals surface area contributed by atoms with E-state index in [0.717, 1.165) is 4.90 Å². The van der Waals surface area contributed by atoms with E-state index < -0.39 is 46.6 Å². The maximum atomic E-state index is 15.1. The van der Waals surface area contributed by atoms with E-state index in [1.54, 1.807) is 86.6 Å². The van der Waals surface area contributed by atoms with E-state index in [1.807, 2.05) is 26.8 Å². The van der Waals surface area contributed by atoms with Gasteiger partial charge in [0, 0.05) is 11.3 Å². The van der Waals surface area contributed by atoms with Crippen molar-refractivity contribution in [1.29, 1.82) is 0 Å². The molecule has 0 aromatic heterocycles. The summed E-state index contributed by atoms with van der Waals surface area (Å²) < 4.78 is 10.9. The fraction of sp³-hybridized carbons (Fsp3) is 0.333. The van der Waals surface area contributed by atoms with Crippen LogP contribution in [0.2, 0.25) is 0 Å². The summed E-state index contributed by atoms with van der Waals surface area (Å²) in [7, 11) is 2.82. The molecule has 4 rings (SSSR count). The molecular weight excluding hydrogens is 520 g/mol. The first-order chi connectivity index (χ1) is 19.4. The van der Waals surface area contributed by atoms with Crippen molar-refractivity contribution < 1.29 is 28.7 Å². The summed E-state index contributed by atoms with van der Waals surface area (Å²) in [5.41, 5.74) is -0.616. The van der Waals surface area contributed by atoms with Crippen molar-refractivity contribution in [3.63, 3.8) is 0 Å². The van der Waals surface area contributed by atoms with Gasteiger partial charge < -0.3 is 14.4 Å². The predicted molar refractivity (Wildman–Crippen MR) is 156 cm³/mol. The van der Waals surface area contributed by atoms with Crippen molar-refractivity contribution >= 4 is 29.4 Å². The van der Waals surface area contributed by atoms with Crippen LogP contribution in [0, 0.1) is 10.8 Å². The van der Waals surface area contributed by atoms with Crippen LogP contribution in [0.15, 0.2) is 78.9 Å². The zero-order valence-corrected chi connectivity index (χ0v) is 24.5. The third-order valence-corrected chi connectivity index (χ3v) is 7.50. The van der Waals surface area contributed by atoms with Gasteiger partial charge in [-0.1, -0.05) is 69.3 Å². The van der Waals surface area contributed by atoms with Crippen molar-refractivity contribution in [3.05, 3.63) is 95.6 Å². The van der Waals surface area contributed by atoms with E-state index in [1.165, 1.54) is 19.1 Å². The fourth-order valence-corrected chi connectivity index (χ4v) is 5.55. The first-order valence-electron chi connectivity index (χ1n) is 13.4. The number of benzene rings is 3. The molecule has 3 amide bonds. The Labute approximate surface area is 240 Å². The topological polar surface area (TPSA) is 93.2 Å². The fourth-order valence-electron chi connectivity index (χ4n) is 5.55. The Morgan fingerprint density at radius 3 is 1.78 bits per heavy atom. The van der Waals surface area contributed by atoms with Gasteiger partial charge in [0.25, 0.3) is 17.7 Å². The molecule has 0 saturated heterocycles. The summed E-state index contributed by atoms with van der Waals surface area (Å²) in [5.74, 6) is -1.67. The van der Waals surface area contributed by atoms with Gasteiger partial charge in [0.2, 0.25) is 0 Å². The second kappa shape index (κ2) is 11.2. The van der Waals surface area contributed by atoms with Crippen molar-refractivity contribution in [2.45, 2.75) is 46.7 Å². The number of hydrogen-bond acceptors (Lipinski definition) is 6. The number of esters is 1. The Morgan fingerprint density at radius 2 is 1.27 bits per heavy atom. The van der Waals surface area contributed by atoms with Crippen LogP contribution in [-0.2, 0) is 14.3 Å². The number of imide groups is 1. The molecule has 3 aromatic rings.